The van der Waals surface area contributed by atoms with Crippen molar-refractivity contribution in [3.63, 3.8) is 0 Å². The third-order valence-electron chi connectivity index (χ3n) is 4.64. The Bertz CT molecular complexity index is 1010. The van der Waals surface area contributed by atoms with Gasteiger partial charge in [-0.25, -0.2) is 8.42 Å². The SMILES string of the molecule is CC(=O)Nc1ccc(C)cc1NC(=O)Cc1ccc(S(=O)(=O)N2CCCCC2)s1. The lowest BCUT2D eigenvalue weighted by Gasteiger charge is -2.25. The van der Waals surface area contributed by atoms with Crippen molar-refractivity contribution in [1.82, 2.24) is 4.31 Å². The largest absolute Gasteiger partial charge is 0.325 e. The molecular weight excluding hydrogens is 410 g/mol. The third-order valence-corrected chi connectivity index (χ3v) is 8.09. The topological polar surface area (TPSA) is 95.6 Å². The van der Waals surface area contributed by atoms with Crippen LogP contribution in [-0.4, -0.2) is 37.6 Å². The smallest absolute Gasteiger partial charge is 0.252 e. The van der Waals surface area contributed by atoms with E-state index < -0.39 is 10.0 Å². The summed E-state index contributed by atoms with van der Waals surface area (Å²) in [6.07, 6.45) is 2.88. The van der Waals surface area contributed by atoms with Crippen LogP contribution < -0.4 is 10.6 Å². The summed E-state index contributed by atoms with van der Waals surface area (Å²) in [6.45, 7) is 4.40. The summed E-state index contributed by atoms with van der Waals surface area (Å²) in [5.74, 6) is -0.499. The average Bonchev–Trinajstić information content (AvgIpc) is 3.13. The van der Waals surface area contributed by atoms with Crippen LogP contribution in [0.1, 0.15) is 36.6 Å². The van der Waals surface area contributed by atoms with Crippen molar-refractivity contribution in [1.29, 1.82) is 0 Å². The summed E-state index contributed by atoms with van der Waals surface area (Å²) in [5.41, 5.74) is 1.99. The molecule has 3 rings (SSSR count). The Labute approximate surface area is 175 Å². The summed E-state index contributed by atoms with van der Waals surface area (Å²) >= 11 is 1.13. The van der Waals surface area contributed by atoms with E-state index in [1.54, 1.807) is 24.3 Å². The Balaban J connectivity index is 1.70. The first-order chi connectivity index (χ1) is 13.8. The number of hydrogen-bond donors (Lipinski definition) is 2. The van der Waals surface area contributed by atoms with Crippen LogP contribution in [0.5, 0.6) is 0 Å². The number of nitrogens with one attached hydrogen (secondary N) is 2. The van der Waals surface area contributed by atoms with Gasteiger partial charge in [-0.05, 0) is 49.6 Å². The van der Waals surface area contributed by atoms with Gasteiger partial charge in [0.25, 0.3) is 10.0 Å². The molecule has 0 unspecified atom stereocenters. The highest BCUT2D eigenvalue weighted by Gasteiger charge is 2.27. The number of benzene rings is 1. The number of piperidine rings is 1. The monoisotopic (exact) mass is 435 g/mol. The molecule has 0 aliphatic carbocycles. The lowest BCUT2D eigenvalue weighted by molar-refractivity contribution is -0.116. The summed E-state index contributed by atoms with van der Waals surface area (Å²) < 4.78 is 27.3. The van der Waals surface area contributed by atoms with Crippen molar-refractivity contribution in [3.8, 4) is 0 Å². The fraction of sp³-hybridized carbons (Fsp3) is 0.400. The molecule has 2 amide bonds. The summed E-state index contributed by atoms with van der Waals surface area (Å²) in [4.78, 5) is 24.6. The van der Waals surface area contributed by atoms with Crippen molar-refractivity contribution in [3.05, 3.63) is 40.8 Å². The van der Waals surface area contributed by atoms with Gasteiger partial charge in [0.2, 0.25) is 11.8 Å². The Hall–Kier alpha value is -2.23. The molecule has 9 heteroatoms. The van der Waals surface area contributed by atoms with Gasteiger partial charge in [-0.2, -0.15) is 4.31 Å². The zero-order valence-corrected chi connectivity index (χ0v) is 18.2. The minimum Gasteiger partial charge on any atom is -0.325 e. The number of carbonyl (C=O) groups excluding carboxylic acids is 2. The number of anilines is 2. The fourth-order valence-corrected chi connectivity index (χ4v) is 6.26. The zero-order chi connectivity index (χ0) is 21.0. The first-order valence-electron chi connectivity index (χ1n) is 9.52. The van der Waals surface area contributed by atoms with Crippen LogP contribution in [0.2, 0.25) is 0 Å². The molecule has 1 aliphatic heterocycles. The summed E-state index contributed by atoms with van der Waals surface area (Å²) in [5, 5.41) is 5.50. The second-order valence-electron chi connectivity index (χ2n) is 7.14. The van der Waals surface area contributed by atoms with E-state index in [4.69, 9.17) is 0 Å². The molecule has 1 fully saturated rings. The molecular formula is C20H25N3O4S2. The van der Waals surface area contributed by atoms with Crippen molar-refractivity contribution in [2.75, 3.05) is 23.7 Å². The van der Waals surface area contributed by atoms with Crippen LogP contribution in [0.25, 0.3) is 0 Å². The summed E-state index contributed by atoms with van der Waals surface area (Å²) in [6, 6.07) is 8.63. The number of rotatable bonds is 6. The Morgan fingerprint density at radius 1 is 1.03 bits per heavy atom. The van der Waals surface area contributed by atoms with E-state index in [0.29, 0.717) is 29.3 Å². The van der Waals surface area contributed by atoms with Crippen molar-refractivity contribution in [2.24, 2.45) is 0 Å². The average molecular weight is 436 g/mol. The van der Waals surface area contributed by atoms with Gasteiger partial charge >= 0.3 is 0 Å². The van der Waals surface area contributed by atoms with Crippen LogP contribution >= 0.6 is 11.3 Å². The van der Waals surface area contributed by atoms with Crippen LogP contribution in [0, 0.1) is 6.92 Å². The van der Waals surface area contributed by atoms with Gasteiger partial charge in [-0.1, -0.05) is 12.5 Å². The van der Waals surface area contributed by atoms with E-state index in [-0.39, 0.29) is 22.4 Å². The van der Waals surface area contributed by atoms with Gasteiger partial charge in [0.05, 0.1) is 17.8 Å². The second-order valence-corrected chi connectivity index (χ2v) is 10.5. The molecule has 2 N–H and O–H groups in total. The number of amides is 2. The molecule has 1 saturated heterocycles. The summed E-state index contributed by atoms with van der Waals surface area (Å²) in [7, 11) is -3.49. The van der Waals surface area contributed by atoms with E-state index in [1.807, 2.05) is 13.0 Å². The molecule has 0 spiro atoms. The van der Waals surface area contributed by atoms with Gasteiger partial charge in [0, 0.05) is 24.9 Å². The number of nitrogens with zero attached hydrogens (tertiary/aromatic N) is 1. The fourth-order valence-electron chi connectivity index (χ4n) is 3.24. The number of hydrogen-bond acceptors (Lipinski definition) is 5. The molecule has 0 bridgehead atoms. The Kier molecular flexibility index (Phi) is 6.71. The predicted octanol–water partition coefficient (Wildman–Crippen LogP) is 3.37. The standard InChI is InChI=1S/C20H25N3O4S2/c1-14-6-8-17(21-15(2)24)18(12-14)22-19(25)13-16-7-9-20(28-16)29(26,27)23-10-4-3-5-11-23/h6-9,12H,3-5,10-11,13H2,1-2H3,(H,21,24)(H,22,25). The van der Waals surface area contributed by atoms with Crippen molar-refractivity contribution < 1.29 is 18.0 Å². The van der Waals surface area contributed by atoms with Crippen molar-refractivity contribution in [2.45, 2.75) is 43.7 Å². The minimum atomic E-state index is -3.49. The van der Waals surface area contributed by atoms with Crippen LogP contribution in [0.15, 0.2) is 34.5 Å². The van der Waals surface area contributed by atoms with E-state index in [0.717, 1.165) is 36.2 Å². The zero-order valence-electron chi connectivity index (χ0n) is 16.5. The molecule has 0 radical (unpaired) electrons. The van der Waals surface area contributed by atoms with Crippen LogP contribution in [0.4, 0.5) is 11.4 Å². The maximum atomic E-state index is 12.8. The highest BCUT2D eigenvalue weighted by molar-refractivity contribution is 7.91. The van der Waals surface area contributed by atoms with E-state index in [9.17, 15) is 18.0 Å². The highest BCUT2D eigenvalue weighted by atomic mass is 32.2. The van der Waals surface area contributed by atoms with Gasteiger partial charge in [-0.15, -0.1) is 11.3 Å². The molecule has 1 aromatic heterocycles. The Morgan fingerprint density at radius 2 is 1.76 bits per heavy atom. The van der Waals surface area contributed by atoms with Gasteiger partial charge in [0.15, 0.2) is 0 Å². The lowest BCUT2D eigenvalue weighted by Crippen LogP contribution is -2.35. The molecule has 0 saturated carbocycles. The van der Waals surface area contributed by atoms with Gasteiger partial charge < -0.3 is 10.6 Å². The molecule has 156 valence electrons. The van der Waals surface area contributed by atoms with E-state index in [1.165, 1.54) is 11.2 Å². The first kappa shape index (κ1) is 21.5. The molecule has 2 aromatic rings. The normalized spacial score (nSPS) is 15.1. The molecule has 7 nitrogen and oxygen atoms in total. The first-order valence-corrected chi connectivity index (χ1v) is 11.8. The van der Waals surface area contributed by atoms with E-state index >= 15 is 0 Å². The number of aryl methyl sites for hydroxylation is 1. The van der Waals surface area contributed by atoms with Gasteiger partial charge in [-0.3, -0.25) is 9.59 Å². The number of sulfonamides is 1. The maximum Gasteiger partial charge on any atom is 0.252 e. The van der Waals surface area contributed by atoms with Crippen LogP contribution in [0.3, 0.4) is 0 Å². The predicted molar refractivity (Wildman–Crippen MR) is 115 cm³/mol. The minimum absolute atomic E-state index is 0.0631. The molecule has 29 heavy (non-hydrogen) atoms. The van der Waals surface area contributed by atoms with E-state index in [2.05, 4.69) is 10.6 Å². The maximum absolute atomic E-state index is 12.8. The second kappa shape index (κ2) is 9.06. The molecule has 1 aromatic carbocycles. The van der Waals surface area contributed by atoms with Crippen LogP contribution in [-0.2, 0) is 26.0 Å². The number of thiophene rings is 1. The molecule has 2 heterocycles. The Morgan fingerprint density at radius 3 is 2.45 bits per heavy atom. The third kappa shape index (κ3) is 5.43. The van der Waals surface area contributed by atoms with Gasteiger partial charge in [0.1, 0.15) is 4.21 Å². The lowest BCUT2D eigenvalue weighted by atomic mass is 10.2. The number of carbonyl (C=O) groups is 2. The highest BCUT2D eigenvalue weighted by Crippen LogP contribution is 2.28. The molecule has 0 atom stereocenters. The quantitative estimate of drug-likeness (QED) is 0.727. The van der Waals surface area contributed by atoms with Crippen molar-refractivity contribution >= 4 is 44.5 Å². The molecule has 1 aliphatic rings.